The summed E-state index contributed by atoms with van der Waals surface area (Å²) in [6, 6.07) is 7.67. The van der Waals surface area contributed by atoms with Crippen molar-refractivity contribution in [3.05, 3.63) is 29.8 Å². The standard InChI is InChI=1S/C19H27N3O3/c1-21-10-5-8-19(18(21)24)9-11-22(14-19)13-17(23)20-12-15-6-3-4-7-16(15)25-2/h3-4,6-7H,5,8-14H2,1-2H3,(H,20,23)/t19-/m1/s1. The number of nitrogens with one attached hydrogen (secondary N) is 1. The van der Waals surface area contributed by atoms with Gasteiger partial charge in [-0.25, -0.2) is 0 Å². The fourth-order valence-electron chi connectivity index (χ4n) is 4.04. The Balaban J connectivity index is 1.51. The first-order valence-electron chi connectivity index (χ1n) is 8.91. The highest BCUT2D eigenvalue weighted by atomic mass is 16.5. The molecule has 0 aromatic heterocycles. The van der Waals surface area contributed by atoms with Crippen LogP contribution in [0.25, 0.3) is 0 Å². The number of nitrogens with zero attached hydrogens (tertiary/aromatic N) is 2. The van der Waals surface area contributed by atoms with E-state index in [0.717, 1.165) is 43.7 Å². The maximum atomic E-state index is 12.5. The van der Waals surface area contributed by atoms with Gasteiger partial charge in [0.25, 0.3) is 0 Å². The topological polar surface area (TPSA) is 61.9 Å². The average molecular weight is 345 g/mol. The van der Waals surface area contributed by atoms with Gasteiger partial charge in [0.2, 0.25) is 11.8 Å². The van der Waals surface area contributed by atoms with E-state index < -0.39 is 0 Å². The Morgan fingerprint density at radius 2 is 2.08 bits per heavy atom. The molecule has 0 saturated carbocycles. The molecule has 1 atom stereocenters. The van der Waals surface area contributed by atoms with Crippen LogP contribution in [0.15, 0.2) is 24.3 Å². The summed E-state index contributed by atoms with van der Waals surface area (Å²) in [4.78, 5) is 28.8. The molecule has 1 aromatic carbocycles. The van der Waals surface area contributed by atoms with Crippen molar-refractivity contribution in [3.63, 3.8) is 0 Å². The Kier molecular flexibility index (Phi) is 5.27. The number of likely N-dealkylation sites (tertiary alicyclic amines) is 2. The lowest BCUT2D eigenvalue weighted by Gasteiger charge is -2.37. The molecule has 3 rings (SSSR count). The number of methoxy groups -OCH3 is 1. The Hall–Kier alpha value is -2.08. The first-order valence-corrected chi connectivity index (χ1v) is 8.91. The number of hydrogen-bond acceptors (Lipinski definition) is 4. The van der Waals surface area contributed by atoms with E-state index in [9.17, 15) is 9.59 Å². The van der Waals surface area contributed by atoms with Gasteiger partial charge in [-0.05, 0) is 31.9 Å². The summed E-state index contributed by atoms with van der Waals surface area (Å²) in [6.07, 6.45) is 2.85. The van der Waals surface area contributed by atoms with Crippen LogP contribution < -0.4 is 10.1 Å². The lowest BCUT2D eigenvalue weighted by Crippen LogP contribution is -2.48. The van der Waals surface area contributed by atoms with E-state index in [4.69, 9.17) is 4.74 Å². The van der Waals surface area contributed by atoms with Crippen molar-refractivity contribution >= 4 is 11.8 Å². The van der Waals surface area contributed by atoms with Gasteiger partial charge in [0.05, 0.1) is 19.1 Å². The second kappa shape index (κ2) is 7.44. The maximum absolute atomic E-state index is 12.5. The third-order valence-corrected chi connectivity index (χ3v) is 5.42. The van der Waals surface area contributed by atoms with E-state index in [-0.39, 0.29) is 17.2 Å². The fraction of sp³-hybridized carbons (Fsp3) is 0.579. The molecule has 2 fully saturated rings. The molecule has 2 heterocycles. The first-order chi connectivity index (χ1) is 12.0. The van der Waals surface area contributed by atoms with Crippen molar-refractivity contribution in [2.24, 2.45) is 5.41 Å². The summed E-state index contributed by atoms with van der Waals surface area (Å²) in [6.45, 7) is 3.14. The molecule has 1 spiro atoms. The number of para-hydroxylation sites is 1. The maximum Gasteiger partial charge on any atom is 0.234 e. The molecule has 0 radical (unpaired) electrons. The molecule has 0 unspecified atom stereocenters. The number of rotatable bonds is 5. The Morgan fingerprint density at radius 1 is 1.28 bits per heavy atom. The Bertz CT molecular complexity index is 649. The largest absolute Gasteiger partial charge is 0.496 e. The van der Waals surface area contributed by atoms with Crippen molar-refractivity contribution in [1.29, 1.82) is 0 Å². The van der Waals surface area contributed by atoms with Gasteiger partial charge in [0.1, 0.15) is 5.75 Å². The quantitative estimate of drug-likeness (QED) is 0.873. The molecule has 2 aliphatic rings. The van der Waals surface area contributed by atoms with Crippen molar-refractivity contribution in [3.8, 4) is 5.75 Å². The number of hydrogen-bond donors (Lipinski definition) is 1. The van der Waals surface area contributed by atoms with Crippen LogP contribution >= 0.6 is 0 Å². The summed E-state index contributed by atoms with van der Waals surface area (Å²) in [7, 11) is 3.51. The van der Waals surface area contributed by atoms with Crippen LogP contribution in [0, 0.1) is 5.41 Å². The molecular weight excluding hydrogens is 318 g/mol. The zero-order valence-corrected chi connectivity index (χ0v) is 15.1. The fourth-order valence-corrected chi connectivity index (χ4v) is 4.04. The minimum Gasteiger partial charge on any atom is -0.496 e. The summed E-state index contributed by atoms with van der Waals surface area (Å²) in [5.41, 5.74) is 0.691. The molecule has 136 valence electrons. The molecule has 0 bridgehead atoms. The van der Waals surface area contributed by atoms with Crippen LogP contribution in [0.1, 0.15) is 24.8 Å². The second-order valence-electron chi connectivity index (χ2n) is 7.16. The van der Waals surface area contributed by atoms with E-state index in [1.54, 1.807) is 7.11 Å². The number of piperidine rings is 1. The van der Waals surface area contributed by atoms with Crippen LogP contribution in [0.4, 0.5) is 0 Å². The van der Waals surface area contributed by atoms with Gasteiger partial charge in [-0.3, -0.25) is 14.5 Å². The van der Waals surface area contributed by atoms with Crippen LogP contribution in [0.5, 0.6) is 5.75 Å². The van der Waals surface area contributed by atoms with Crippen molar-refractivity contribution in [2.45, 2.75) is 25.8 Å². The minimum atomic E-state index is -0.268. The second-order valence-corrected chi connectivity index (χ2v) is 7.16. The smallest absolute Gasteiger partial charge is 0.234 e. The van der Waals surface area contributed by atoms with Crippen LogP contribution in [0.3, 0.4) is 0 Å². The summed E-state index contributed by atoms with van der Waals surface area (Å²) in [5.74, 6) is 1.01. The predicted octanol–water partition coefficient (Wildman–Crippen LogP) is 1.26. The normalized spacial score (nSPS) is 23.9. The van der Waals surface area contributed by atoms with E-state index in [1.807, 2.05) is 36.2 Å². The molecule has 0 aliphatic carbocycles. The SMILES string of the molecule is COc1ccccc1CNC(=O)CN1CC[C@]2(CCCN(C)C2=O)C1. The summed E-state index contributed by atoms with van der Waals surface area (Å²) in [5, 5.41) is 2.96. The molecule has 1 N–H and O–H groups in total. The average Bonchev–Trinajstić information content (AvgIpc) is 3.01. The molecule has 2 amide bonds. The Labute approximate surface area is 149 Å². The number of ether oxygens (including phenoxy) is 1. The van der Waals surface area contributed by atoms with Gasteiger partial charge < -0.3 is 15.0 Å². The van der Waals surface area contributed by atoms with E-state index in [0.29, 0.717) is 19.6 Å². The minimum absolute atomic E-state index is 0.0143. The molecule has 1 aromatic rings. The summed E-state index contributed by atoms with van der Waals surface area (Å²) >= 11 is 0. The number of carbonyl (C=O) groups excluding carboxylic acids is 2. The molecule has 2 saturated heterocycles. The highest BCUT2D eigenvalue weighted by Gasteiger charge is 2.47. The van der Waals surface area contributed by atoms with Crippen LogP contribution in [-0.4, -0.2) is 62.0 Å². The summed E-state index contributed by atoms with van der Waals surface area (Å²) < 4.78 is 5.30. The van der Waals surface area contributed by atoms with Gasteiger partial charge >= 0.3 is 0 Å². The van der Waals surface area contributed by atoms with Gasteiger partial charge in [-0.1, -0.05) is 18.2 Å². The first kappa shape index (κ1) is 17.7. The lowest BCUT2D eigenvalue weighted by atomic mass is 9.78. The van der Waals surface area contributed by atoms with Crippen molar-refractivity contribution in [1.82, 2.24) is 15.1 Å². The van der Waals surface area contributed by atoms with Crippen molar-refractivity contribution < 1.29 is 14.3 Å². The third-order valence-electron chi connectivity index (χ3n) is 5.42. The zero-order valence-electron chi connectivity index (χ0n) is 15.1. The highest BCUT2D eigenvalue weighted by Crippen LogP contribution is 2.39. The van der Waals surface area contributed by atoms with E-state index in [2.05, 4.69) is 10.2 Å². The zero-order chi connectivity index (χ0) is 17.9. The number of benzene rings is 1. The van der Waals surface area contributed by atoms with Gasteiger partial charge in [-0.15, -0.1) is 0 Å². The number of carbonyl (C=O) groups is 2. The van der Waals surface area contributed by atoms with Gasteiger partial charge in [0, 0.05) is 32.2 Å². The Morgan fingerprint density at radius 3 is 2.88 bits per heavy atom. The third kappa shape index (κ3) is 3.79. The highest BCUT2D eigenvalue weighted by molar-refractivity contribution is 5.84. The molecule has 6 heteroatoms. The van der Waals surface area contributed by atoms with Crippen LogP contribution in [-0.2, 0) is 16.1 Å². The van der Waals surface area contributed by atoms with Crippen molar-refractivity contribution in [2.75, 3.05) is 40.3 Å². The van der Waals surface area contributed by atoms with Gasteiger partial charge in [0.15, 0.2) is 0 Å². The van der Waals surface area contributed by atoms with E-state index >= 15 is 0 Å². The monoisotopic (exact) mass is 345 g/mol. The number of amides is 2. The molecular formula is C19H27N3O3. The predicted molar refractivity (Wildman–Crippen MR) is 95.2 cm³/mol. The van der Waals surface area contributed by atoms with Crippen LogP contribution in [0.2, 0.25) is 0 Å². The lowest BCUT2D eigenvalue weighted by molar-refractivity contribution is -0.144. The molecule has 25 heavy (non-hydrogen) atoms. The van der Waals surface area contributed by atoms with Gasteiger partial charge in [-0.2, -0.15) is 0 Å². The molecule has 6 nitrogen and oxygen atoms in total. The van der Waals surface area contributed by atoms with E-state index in [1.165, 1.54) is 0 Å². The molecule has 2 aliphatic heterocycles.